The summed E-state index contributed by atoms with van der Waals surface area (Å²) in [4.78, 5) is 17.7. The van der Waals surface area contributed by atoms with E-state index in [1.165, 1.54) is 0 Å². The number of hydrogen-bond acceptors (Lipinski definition) is 3. The molecule has 0 amide bonds. The van der Waals surface area contributed by atoms with Crippen LogP contribution in [0.3, 0.4) is 0 Å². The fraction of sp³-hybridized carbons (Fsp3) is 0.0455. The molecule has 0 fully saturated rings. The van der Waals surface area contributed by atoms with Gasteiger partial charge in [0.2, 0.25) is 5.78 Å². The zero-order valence-electron chi connectivity index (χ0n) is 14.3. The van der Waals surface area contributed by atoms with Crippen molar-refractivity contribution >= 4 is 32.7 Å². The summed E-state index contributed by atoms with van der Waals surface area (Å²) < 4.78 is 2.80. The fourth-order valence-electron chi connectivity index (χ4n) is 3.08. The number of para-hydroxylation sites is 2. The van der Waals surface area contributed by atoms with Gasteiger partial charge in [-0.1, -0.05) is 46.3 Å². The van der Waals surface area contributed by atoms with Crippen LogP contribution < -0.4 is 0 Å². The molecule has 0 bridgehead atoms. The summed E-state index contributed by atoms with van der Waals surface area (Å²) in [6.07, 6.45) is 0. The van der Waals surface area contributed by atoms with Crippen LogP contribution in [-0.4, -0.2) is 15.3 Å². The molecule has 1 heterocycles. The van der Waals surface area contributed by atoms with Gasteiger partial charge in [0.05, 0.1) is 29.2 Å². The third-order valence-electron chi connectivity index (χ3n) is 4.43. The number of rotatable bonds is 4. The van der Waals surface area contributed by atoms with Crippen LogP contribution in [0.25, 0.3) is 11.0 Å². The van der Waals surface area contributed by atoms with Crippen LogP contribution in [0.1, 0.15) is 27.3 Å². The number of hydrogen-bond donors (Lipinski definition) is 0. The van der Waals surface area contributed by atoms with Gasteiger partial charge < -0.3 is 4.57 Å². The molecule has 0 unspecified atom stereocenters. The zero-order chi connectivity index (χ0) is 18.8. The number of aromatic nitrogens is 2. The summed E-state index contributed by atoms with van der Waals surface area (Å²) >= 11 is 3.39. The van der Waals surface area contributed by atoms with E-state index in [2.05, 4.69) is 27.0 Å². The van der Waals surface area contributed by atoms with Crippen LogP contribution in [0.15, 0.2) is 77.3 Å². The Labute approximate surface area is 164 Å². The largest absolute Gasteiger partial charge is 0.317 e. The van der Waals surface area contributed by atoms with Gasteiger partial charge >= 0.3 is 0 Å². The Morgan fingerprint density at radius 3 is 2.48 bits per heavy atom. The monoisotopic (exact) mass is 415 g/mol. The Balaban J connectivity index is 1.86. The lowest BCUT2D eigenvalue weighted by Gasteiger charge is -2.10. The van der Waals surface area contributed by atoms with Crippen molar-refractivity contribution in [2.24, 2.45) is 0 Å². The molecule has 0 saturated carbocycles. The van der Waals surface area contributed by atoms with E-state index in [1.54, 1.807) is 18.2 Å². The number of carbonyl (C=O) groups excluding carboxylic acids is 1. The van der Waals surface area contributed by atoms with Gasteiger partial charge in [-0.15, -0.1) is 0 Å². The lowest BCUT2D eigenvalue weighted by Crippen LogP contribution is -2.13. The molecule has 0 radical (unpaired) electrons. The van der Waals surface area contributed by atoms with Crippen LogP contribution in [-0.2, 0) is 6.54 Å². The molecular formula is C22H14BrN3O. The SMILES string of the molecule is N#Cc1ccccc1Cn1c(C(=O)c2ccc(Br)cc2)nc2ccccc21. The first-order chi connectivity index (χ1) is 13.2. The molecule has 27 heavy (non-hydrogen) atoms. The van der Waals surface area contributed by atoms with Crippen molar-refractivity contribution in [2.75, 3.05) is 0 Å². The first-order valence-corrected chi connectivity index (χ1v) is 9.20. The third kappa shape index (κ3) is 3.27. The highest BCUT2D eigenvalue weighted by molar-refractivity contribution is 9.10. The molecule has 0 atom stereocenters. The highest BCUT2D eigenvalue weighted by atomic mass is 79.9. The van der Waals surface area contributed by atoms with Gasteiger partial charge in [-0.3, -0.25) is 4.79 Å². The summed E-state index contributed by atoms with van der Waals surface area (Å²) in [6.45, 7) is 0.405. The maximum absolute atomic E-state index is 13.1. The molecule has 0 aliphatic carbocycles. The quantitative estimate of drug-likeness (QED) is 0.443. The number of fused-ring (bicyclic) bond motifs is 1. The highest BCUT2D eigenvalue weighted by Crippen LogP contribution is 2.22. The predicted octanol–water partition coefficient (Wildman–Crippen LogP) is 4.95. The van der Waals surface area contributed by atoms with E-state index >= 15 is 0 Å². The average Bonchev–Trinajstić information content (AvgIpc) is 3.07. The molecule has 3 aromatic carbocycles. The summed E-state index contributed by atoms with van der Waals surface area (Å²) in [7, 11) is 0. The maximum atomic E-state index is 13.1. The number of halogens is 1. The Bertz CT molecular complexity index is 1190. The van der Waals surface area contributed by atoms with Crippen molar-refractivity contribution < 1.29 is 4.79 Å². The van der Waals surface area contributed by atoms with E-state index in [9.17, 15) is 10.1 Å². The van der Waals surface area contributed by atoms with Gasteiger partial charge in [-0.25, -0.2) is 4.98 Å². The topological polar surface area (TPSA) is 58.7 Å². The minimum atomic E-state index is -0.145. The normalized spacial score (nSPS) is 10.7. The first-order valence-electron chi connectivity index (χ1n) is 8.41. The van der Waals surface area contributed by atoms with Gasteiger partial charge in [-0.05, 0) is 48.0 Å². The fourth-order valence-corrected chi connectivity index (χ4v) is 3.34. The van der Waals surface area contributed by atoms with Gasteiger partial charge in [0, 0.05) is 10.0 Å². The highest BCUT2D eigenvalue weighted by Gasteiger charge is 2.20. The standard InChI is InChI=1S/C22H14BrN3O/c23-18-11-9-15(10-12-18)21(27)22-25-19-7-3-4-8-20(19)26(22)14-17-6-2-1-5-16(17)13-24/h1-12H,14H2. The second-order valence-electron chi connectivity index (χ2n) is 6.12. The van der Waals surface area contributed by atoms with Crippen LogP contribution in [0, 0.1) is 11.3 Å². The van der Waals surface area contributed by atoms with E-state index in [4.69, 9.17) is 0 Å². The van der Waals surface area contributed by atoms with Crippen LogP contribution in [0.5, 0.6) is 0 Å². The van der Waals surface area contributed by atoms with E-state index in [1.807, 2.05) is 59.2 Å². The first kappa shape index (κ1) is 17.2. The predicted molar refractivity (Wildman–Crippen MR) is 108 cm³/mol. The van der Waals surface area contributed by atoms with Crippen molar-refractivity contribution in [3.05, 3.63) is 99.8 Å². The third-order valence-corrected chi connectivity index (χ3v) is 4.96. The zero-order valence-corrected chi connectivity index (χ0v) is 15.8. The number of carbonyl (C=O) groups is 1. The average molecular weight is 416 g/mol. The van der Waals surface area contributed by atoms with E-state index in [-0.39, 0.29) is 5.78 Å². The second-order valence-corrected chi connectivity index (χ2v) is 7.03. The van der Waals surface area contributed by atoms with Crippen molar-refractivity contribution in [3.63, 3.8) is 0 Å². The lowest BCUT2D eigenvalue weighted by atomic mass is 10.1. The molecular weight excluding hydrogens is 402 g/mol. The number of ketones is 1. The Hall–Kier alpha value is -3.23. The number of nitrogens with zero attached hydrogens (tertiary/aromatic N) is 3. The molecule has 130 valence electrons. The molecule has 1 aromatic heterocycles. The van der Waals surface area contributed by atoms with Gasteiger partial charge in [-0.2, -0.15) is 5.26 Å². The van der Waals surface area contributed by atoms with Crippen molar-refractivity contribution in [1.82, 2.24) is 9.55 Å². The molecule has 4 aromatic rings. The van der Waals surface area contributed by atoms with Crippen LogP contribution in [0.2, 0.25) is 0 Å². The van der Waals surface area contributed by atoms with Gasteiger partial charge in [0.15, 0.2) is 5.82 Å². The summed E-state index contributed by atoms with van der Waals surface area (Å²) in [6, 6.07) is 24.5. The molecule has 4 rings (SSSR count). The van der Waals surface area contributed by atoms with Gasteiger partial charge in [0.1, 0.15) is 0 Å². The van der Waals surface area contributed by atoms with Crippen LogP contribution >= 0.6 is 15.9 Å². The summed E-state index contributed by atoms with van der Waals surface area (Å²) in [5.74, 6) is 0.222. The molecule has 0 spiro atoms. The smallest absolute Gasteiger partial charge is 0.228 e. The van der Waals surface area contributed by atoms with Gasteiger partial charge in [0.25, 0.3) is 0 Å². The molecule has 0 aliphatic heterocycles. The summed E-state index contributed by atoms with van der Waals surface area (Å²) in [5, 5.41) is 9.40. The van der Waals surface area contributed by atoms with E-state index in [0.29, 0.717) is 23.5 Å². The number of imidazole rings is 1. The molecule has 5 heteroatoms. The summed E-state index contributed by atoms with van der Waals surface area (Å²) in [5.41, 5.74) is 3.65. The molecule has 0 N–H and O–H groups in total. The second kappa shape index (κ2) is 7.18. The van der Waals surface area contributed by atoms with E-state index in [0.717, 1.165) is 21.1 Å². The molecule has 4 nitrogen and oxygen atoms in total. The van der Waals surface area contributed by atoms with Crippen molar-refractivity contribution in [2.45, 2.75) is 6.54 Å². The minimum Gasteiger partial charge on any atom is -0.317 e. The minimum absolute atomic E-state index is 0.145. The Kier molecular flexibility index (Phi) is 4.57. The molecule has 0 aliphatic rings. The van der Waals surface area contributed by atoms with Crippen molar-refractivity contribution in [3.8, 4) is 6.07 Å². The van der Waals surface area contributed by atoms with E-state index < -0.39 is 0 Å². The lowest BCUT2D eigenvalue weighted by molar-refractivity contribution is 0.102. The molecule has 0 saturated heterocycles. The number of benzene rings is 3. The van der Waals surface area contributed by atoms with Crippen LogP contribution in [0.4, 0.5) is 0 Å². The number of nitriles is 1. The Morgan fingerprint density at radius 1 is 1.00 bits per heavy atom. The van der Waals surface area contributed by atoms with Crippen molar-refractivity contribution in [1.29, 1.82) is 5.26 Å². The Morgan fingerprint density at radius 2 is 1.70 bits per heavy atom. The maximum Gasteiger partial charge on any atom is 0.228 e.